The topological polar surface area (TPSA) is 103 Å². The van der Waals surface area contributed by atoms with E-state index in [2.05, 4.69) is 48.4 Å². The van der Waals surface area contributed by atoms with Gasteiger partial charge in [0.15, 0.2) is 11.0 Å². The van der Waals surface area contributed by atoms with Crippen LogP contribution in [0.3, 0.4) is 0 Å². The molecule has 8 nitrogen and oxygen atoms in total. The summed E-state index contributed by atoms with van der Waals surface area (Å²) < 4.78 is 1.86. The SMILES string of the molecule is Cn1c(SCC(=O)Nc2ccc([N+](=O)[O-])cc2)nnc1-c1ccc(C(C)(C)C)cc1. The van der Waals surface area contributed by atoms with Crippen molar-refractivity contribution in [2.24, 2.45) is 7.05 Å². The van der Waals surface area contributed by atoms with Gasteiger partial charge in [-0.05, 0) is 23.1 Å². The van der Waals surface area contributed by atoms with Gasteiger partial charge in [0, 0.05) is 30.4 Å². The van der Waals surface area contributed by atoms with Crippen molar-refractivity contribution in [2.45, 2.75) is 31.3 Å². The van der Waals surface area contributed by atoms with Gasteiger partial charge in [0.05, 0.1) is 10.7 Å². The summed E-state index contributed by atoms with van der Waals surface area (Å²) in [4.78, 5) is 22.4. The van der Waals surface area contributed by atoms with Gasteiger partial charge < -0.3 is 9.88 Å². The smallest absolute Gasteiger partial charge is 0.269 e. The molecule has 0 saturated carbocycles. The summed E-state index contributed by atoms with van der Waals surface area (Å²) in [7, 11) is 1.86. The fourth-order valence-electron chi connectivity index (χ4n) is 2.80. The maximum atomic E-state index is 12.2. The van der Waals surface area contributed by atoms with Crippen molar-refractivity contribution in [1.82, 2.24) is 14.8 Å². The molecule has 0 saturated heterocycles. The molecule has 0 radical (unpaired) electrons. The molecule has 0 aliphatic rings. The zero-order chi connectivity index (χ0) is 21.9. The van der Waals surface area contributed by atoms with Gasteiger partial charge in [0.25, 0.3) is 5.69 Å². The molecule has 0 atom stereocenters. The number of nitrogens with one attached hydrogen (secondary N) is 1. The van der Waals surface area contributed by atoms with Crippen molar-refractivity contribution in [3.8, 4) is 11.4 Å². The zero-order valence-corrected chi connectivity index (χ0v) is 18.1. The molecule has 30 heavy (non-hydrogen) atoms. The van der Waals surface area contributed by atoms with Gasteiger partial charge in [-0.15, -0.1) is 10.2 Å². The van der Waals surface area contributed by atoms with E-state index in [-0.39, 0.29) is 22.8 Å². The minimum Gasteiger partial charge on any atom is -0.325 e. The molecule has 1 heterocycles. The van der Waals surface area contributed by atoms with Crippen LogP contribution in [0.2, 0.25) is 0 Å². The first-order valence-corrected chi connectivity index (χ1v) is 10.3. The second-order valence-electron chi connectivity index (χ2n) is 7.83. The molecule has 0 unspecified atom stereocenters. The number of rotatable bonds is 6. The normalized spacial score (nSPS) is 11.3. The van der Waals surface area contributed by atoms with Gasteiger partial charge in [0.1, 0.15) is 0 Å². The van der Waals surface area contributed by atoms with Crippen LogP contribution in [0.15, 0.2) is 53.7 Å². The summed E-state index contributed by atoms with van der Waals surface area (Å²) in [6.45, 7) is 6.50. The molecule has 3 aromatic rings. The van der Waals surface area contributed by atoms with Gasteiger partial charge in [-0.1, -0.05) is 56.8 Å². The van der Waals surface area contributed by atoms with Crippen LogP contribution in [-0.4, -0.2) is 31.3 Å². The van der Waals surface area contributed by atoms with Gasteiger partial charge in [-0.2, -0.15) is 0 Å². The first-order valence-electron chi connectivity index (χ1n) is 9.32. The average molecular weight is 426 g/mol. The summed E-state index contributed by atoms with van der Waals surface area (Å²) in [6, 6.07) is 13.9. The molecular weight excluding hydrogens is 402 g/mol. The number of non-ortho nitro benzene ring substituents is 1. The third kappa shape index (κ3) is 5.04. The maximum absolute atomic E-state index is 12.2. The highest BCUT2D eigenvalue weighted by Crippen LogP contribution is 2.27. The molecule has 9 heteroatoms. The number of carbonyl (C=O) groups is 1. The molecule has 0 spiro atoms. The lowest BCUT2D eigenvalue weighted by atomic mass is 9.87. The third-order valence-electron chi connectivity index (χ3n) is 4.54. The lowest BCUT2D eigenvalue weighted by Gasteiger charge is -2.19. The summed E-state index contributed by atoms with van der Waals surface area (Å²) >= 11 is 1.27. The van der Waals surface area contributed by atoms with Gasteiger partial charge >= 0.3 is 0 Å². The summed E-state index contributed by atoms with van der Waals surface area (Å²) in [5.41, 5.74) is 2.76. The van der Waals surface area contributed by atoms with Crippen molar-refractivity contribution in [3.05, 3.63) is 64.2 Å². The number of nitro benzene ring substituents is 1. The maximum Gasteiger partial charge on any atom is 0.269 e. The number of anilines is 1. The molecule has 0 bridgehead atoms. The van der Waals surface area contributed by atoms with E-state index < -0.39 is 4.92 Å². The van der Waals surface area contributed by atoms with Crippen LogP contribution in [-0.2, 0) is 17.3 Å². The second-order valence-corrected chi connectivity index (χ2v) is 8.78. The van der Waals surface area contributed by atoms with Crippen molar-refractivity contribution >= 4 is 29.0 Å². The molecule has 156 valence electrons. The Kier molecular flexibility index (Phi) is 6.21. The Morgan fingerprint density at radius 2 is 1.73 bits per heavy atom. The standard InChI is InChI=1S/C21H23N5O3S/c1-21(2,3)15-7-5-14(6-8-15)19-23-24-20(25(19)4)30-13-18(27)22-16-9-11-17(12-10-16)26(28)29/h5-12H,13H2,1-4H3,(H,22,27). The quantitative estimate of drug-likeness (QED) is 0.356. The van der Waals surface area contributed by atoms with Crippen LogP contribution in [0.25, 0.3) is 11.4 Å². The van der Waals surface area contributed by atoms with Crippen LogP contribution < -0.4 is 5.32 Å². The summed E-state index contributed by atoms with van der Waals surface area (Å²) in [5, 5.41) is 22.5. The van der Waals surface area contributed by atoms with E-state index in [0.29, 0.717) is 10.8 Å². The number of benzene rings is 2. The van der Waals surface area contributed by atoms with Crippen molar-refractivity contribution < 1.29 is 9.72 Å². The molecule has 3 rings (SSSR count). The number of thioether (sulfide) groups is 1. The molecular formula is C21H23N5O3S. The number of hydrogen-bond donors (Lipinski definition) is 1. The highest BCUT2D eigenvalue weighted by molar-refractivity contribution is 7.99. The van der Waals surface area contributed by atoms with Gasteiger partial charge in [-0.3, -0.25) is 14.9 Å². The molecule has 0 aliphatic heterocycles. The molecule has 2 aromatic carbocycles. The number of carbonyl (C=O) groups excluding carboxylic acids is 1. The predicted octanol–water partition coefficient (Wildman–Crippen LogP) is 4.42. The highest BCUT2D eigenvalue weighted by Gasteiger charge is 2.16. The zero-order valence-electron chi connectivity index (χ0n) is 17.2. The van der Waals surface area contributed by atoms with Crippen LogP contribution in [0.4, 0.5) is 11.4 Å². The molecule has 0 fully saturated rings. The number of aromatic nitrogens is 3. The van der Waals surface area contributed by atoms with E-state index in [9.17, 15) is 14.9 Å². The number of nitrogens with zero attached hydrogens (tertiary/aromatic N) is 4. The Labute approximate surface area is 178 Å². The largest absolute Gasteiger partial charge is 0.325 e. The lowest BCUT2D eigenvalue weighted by Crippen LogP contribution is -2.14. The number of amides is 1. The minimum absolute atomic E-state index is 0.0236. The number of nitro groups is 1. The number of hydrogen-bond acceptors (Lipinski definition) is 6. The molecule has 0 aliphatic carbocycles. The first kappa shape index (κ1) is 21.5. The Morgan fingerprint density at radius 3 is 2.30 bits per heavy atom. The third-order valence-corrected chi connectivity index (χ3v) is 5.56. The first-order chi connectivity index (χ1) is 14.1. The van der Waals surface area contributed by atoms with Crippen molar-refractivity contribution in [2.75, 3.05) is 11.1 Å². The Balaban J connectivity index is 1.62. The molecule has 1 amide bonds. The van der Waals surface area contributed by atoms with Crippen molar-refractivity contribution in [1.29, 1.82) is 0 Å². The van der Waals surface area contributed by atoms with E-state index in [1.54, 1.807) is 0 Å². The molecule has 1 N–H and O–H groups in total. The molecule has 1 aromatic heterocycles. The van der Waals surface area contributed by atoms with E-state index >= 15 is 0 Å². The fourth-order valence-corrected chi connectivity index (χ4v) is 3.52. The van der Waals surface area contributed by atoms with E-state index in [0.717, 1.165) is 11.4 Å². The lowest BCUT2D eigenvalue weighted by molar-refractivity contribution is -0.384. The van der Waals surface area contributed by atoms with E-state index in [4.69, 9.17) is 0 Å². The monoisotopic (exact) mass is 425 g/mol. The Hall–Kier alpha value is -3.20. The average Bonchev–Trinajstić information content (AvgIpc) is 3.06. The Morgan fingerprint density at radius 1 is 1.10 bits per heavy atom. The van der Waals surface area contributed by atoms with E-state index in [1.165, 1.54) is 41.6 Å². The van der Waals surface area contributed by atoms with Gasteiger partial charge in [-0.25, -0.2) is 0 Å². The van der Waals surface area contributed by atoms with Crippen LogP contribution in [0, 0.1) is 10.1 Å². The fraction of sp³-hybridized carbons (Fsp3) is 0.286. The second kappa shape index (κ2) is 8.66. The van der Waals surface area contributed by atoms with Crippen molar-refractivity contribution in [3.63, 3.8) is 0 Å². The van der Waals surface area contributed by atoms with Crippen LogP contribution in [0.5, 0.6) is 0 Å². The summed E-state index contributed by atoms with van der Waals surface area (Å²) in [5.74, 6) is 0.646. The van der Waals surface area contributed by atoms with Crippen LogP contribution >= 0.6 is 11.8 Å². The highest BCUT2D eigenvalue weighted by atomic mass is 32.2. The predicted molar refractivity (Wildman–Crippen MR) is 118 cm³/mol. The Bertz CT molecular complexity index is 1050. The minimum atomic E-state index is -0.482. The summed E-state index contributed by atoms with van der Waals surface area (Å²) in [6.07, 6.45) is 0. The van der Waals surface area contributed by atoms with Gasteiger partial charge in [0.2, 0.25) is 5.91 Å². The van der Waals surface area contributed by atoms with E-state index in [1.807, 2.05) is 23.7 Å². The van der Waals surface area contributed by atoms with Crippen LogP contribution in [0.1, 0.15) is 26.3 Å².